The number of anilines is 1. The number of carbonyl (C=O) groups is 1. The third-order valence-electron chi connectivity index (χ3n) is 3.08. The maximum atomic E-state index is 11.1. The molecule has 3 N–H and O–H groups in total. The van der Waals surface area contributed by atoms with Crippen molar-refractivity contribution in [1.29, 1.82) is 0 Å². The van der Waals surface area contributed by atoms with Crippen molar-refractivity contribution in [1.82, 2.24) is 14.9 Å². The van der Waals surface area contributed by atoms with Crippen LogP contribution in [-0.2, 0) is 17.8 Å². The van der Waals surface area contributed by atoms with E-state index in [4.69, 9.17) is 10.8 Å². The van der Waals surface area contributed by atoms with Crippen LogP contribution < -0.4 is 5.73 Å². The normalized spacial score (nSPS) is 17.5. The highest BCUT2D eigenvalue weighted by atomic mass is 16.4. The summed E-state index contributed by atoms with van der Waals surface area (Å²) >= 11 is 0. The topological polar surface area (TPSA) is 92.3 Å². The van der Waals surface area contributed by atoms with Crippen LogP contribution in [0.2, 0.25) is 0 Å². The van der Waals surface area contributed by atoms with E-state index in [9.17, 15) is 4.79 Å². The Balaban J connectivity index is 2.50. The van der Waals surface area contributed by atoms with E-state index in [-0.39, 0.29) is 5.95 Å². The first-order valence-corrected chi connectivity index (χ1v) is 5.55. The van der Waals surface area contributed by atoms with Gasteiger partial charge in [-0.3, -0.25) is 4.79 Å². The van der Waals surface area contributed by atoms with Crippen molar-refractivity contribution in [3.63, 3.8) is 0 Å². The molecule has 6 heteroatoms. The van der Waals surface area contributed by atoms with Crippen LogP contribution in [0.5, 0.6) is 0 Å². The van der Waals surface area contributed by atoms with Gasteiger partial charge in [0, 0.05) is 25.1 Å². The Morgan fingerprint density at radius 2 is 2.24 bits per heavy atom. The van der Waals surface area contributed by atoms with Crippen LogP contribution >= 0.6 is 0 Å². The lowest BCUT2D eigenvalue weighted by molar-refractivity contribution is -0.138. The summed E-state index contributed by atoms with van der Waals surface area (Å²) in [5, 5.41) is 9.08. The molecule has 2 rings (SSSR count). The number of hydrogen-bond acceptors (Lipinski definition) is 5. The fourth-order valence-corrected chi connectivity index (χ4v) is 2.07. The molecule has 1 atom stereocenters. The van der Waals surface area contributed by atoms with Crippen LogP contribution in [0.15, 0.2) is 0 Å². The van der Waals surface area contributed by atoms with E-state index in [0.29, 0.717) is 12.2 Å². The molecule has 1 aliphatic heterocycles. The first-order valence-electron chi connectivity index (χ1n) is 5.55. The van der Waals surface area contributed by atoms with E-state index < -0.39 is 11.9 Å². The fourth-order valence-electron chi connectivity index (χ4n) is 2.07. The van der Waals surface area contributed by atoms with Gasteiger partial charge in [0.05, 0.1) is 17.3 Å². The molecule has 0 aromatic carbocycles. The summed E-state index contributed by atoms with van der Waals surface area (Å²) in [5.74, 6) is -1.38. The number of likely N-dealkylation sites (N-methyl/N-ethyl adjacent to an activating group) is 1. The van der Waals surface area contributed by atoms with E-state index >= 15 is 0 Å². The van der Waals surface area contributed by atoms with Gasteiger partial charge in [0.25, 0.3) is 0 Å². The Bertz CT molecular complexity index is 461. The second-order valence-corrected chi connectivity index (χ2v) is 4.44. The minimum atomic E-state index is -0.890. The second kappa shape index (κ2) is 4.29. The maximum absolute atomic E-state index is 11.1. The van der Waals surface area contributed by atoms with E-state index in [2.05, 4.69) is 14.9 Å². The van der Waals surface area contributed by atoms with Crippen molar-refractivity contribution in [2.24, 2.45) is 0 Å². The number of hydrogen-bond donors (Lipinski definition) is 2. The summed E-state index contributed by atoms with van der Waals surface area (Å²) in [4.78, 5) is 21.5. The van der Waals surface area contributed by atoms with Gasteiger partial charge in [-0.25, -0.2) is 9.97 Å². The molecular weight excluding hydrogens is 220 g/mol. The lowest BCUT2D eigenvalue weighted by Crippen LogP contribution is -2.30. The molecule has 2 heterocycles. The minimum Gasteiger partial charge on any atom is -0.481 e. The van der Waals surface area contributed by atoms with Crippen LogP contribution in [0.3, 0.4) is 0 Å². The minimum absolute atomic E-state index is 0.163. The SMILES string of the molecule is CC(C(=O)O)c1nc(N)nc2c1CN(C)CC2. The molecule has 1 aliphatic rings. The molecule has 0 spiro atoms. The van der Waals surface area contributed by atoms with E-state index in [1.54, 1.807) is 6.92 Å². The number of nitrogens with two attached hydrogens (primary N) is 1. The molecule has 1 aromatic rings. The van der Waals surface area contributed by atoms with Gasteiger partial charge in [-0.05, 0) is 14.0 Å². The summed E-state index contributed by atoms with van der Waals surface area (Å²) in [5.41, 5.74) is 7.98. The molecule has 0 saturated heterocycles. The van der Waals surface area contributed by atoms with Gasteiger partial charge in [-0.2, -0.15) is 0 Å². The number of fused-ring (bicyclic) bond motifs is 1. The van der Waals surface area contributed by atoms with E-state index in [0.717, 1.165) is 24.2 Å². The largest absolute Gasteiger partial charge is 0.481 e. The van der Waals surface area contributed by atoms with Crippen molar-refractivity contribution in [3.8, 4) is 0 Å². The van der Waals surface area contributed by atoms with Crippen molar-refractivity contribution >= 4 is 11.9 Å². The van der Waals surface area contributed by atoms with Crippen molar-refractivity contribution in [3.05, 3.63) is 17.0 Å². The van der Waals surface area contributed by atoms with Crippen LogP contribution in [0.4, 0.5) is 5.95 Å². The molecule has 1 unspecified atom stereocenters. The van der Waals surface area contributed by atoms with Crippen LogP contribution in [0.1, 0.15) is 29.8 Å². The molecule has 0 aliphatic carbocycles. The van der Waals surface area contributed by atoms with Gasteiger partial charge < -0.3 is 15.7 Å². The smallest absolute Gasteiger partial charge is 0.312 e. The maximum Gasteiger partial charge on any atom is 0.312 e. The lowest BCUT2D eigenvalue weighted by Gasteiger charge is -2.26. The van der Waals surface area contributed by atoms with E-state index in [1.807, 2.05) is 7.05 Å². The molecule has 1 aromatic heterocycles. The van der Waals surface area contributed by atoms with Crippen LogP contribution in [0.25, 0.3) is 0 Å². The van der Waals surface area contributed by atoms with E-state index in [1.165, 1.54) is 0 Å². The van der Waals surface area contributed by atoms with Gasteiger partial charge in [-0.1, -0.05) is 0 Å². The van der Waals surface area contributed by atoms with Gasteiger partial charge in [-0.15, -0.1) is 0 Å². The van der Waals surface area contributed by atoms with Crippen molar-refractivity contribution in [2.75, 3.05) is 19.3 Å². The monoisotopic (exact) mass is 236 g/mol. The summed E-state index contributed by atoms with van der Waals surface area (Å²) in [6.07, 6.45) is 0.790. The zero-order valence-electron chi connectivity index (χ0n) is 9.97. The Kier molecular flexibility index (Phi) is 2.97. The van der Waals surface area contributed by atoms with Gasteiger partial charge >= 0.3 is 5.97 Å². The molecule has 0 fully saturated rings. The Hall–Kier alpha value is -1.69. The average molecular weight is 236 g/mol. The highest BCUT2D eigenvalue weighted by Crippen LogP contribution is 2.25. The predicted octanol–water partition coefficient (Wildman–Crippen LogP) is 0.235. The molecule has 92 valence electrons. The summed E-state index contributed by atoms with van der Waals surface area (Å²) in [7, 11) is 1.99. The quantitative estimate of drug-likeness (QED) is 0.764. The predicted molar refractivity (Wildman–Crippen MR) is 62.5 cm³/mol. The number of carboxylic acid groups (broad SMARTS) is 1. The first kappa shape index (κ1) is 11.8. The molecule has 0 saturated carbocycles. The number of rotatable bonds is 2. The Labute approximate surface area is 99.5 Å². The summed E-state index contributed by atoms with van der Waals surface area (Å²) < 4.78 is 0. The average Bonchev–Trinajstić information content (AvgIpc) is 2.27. The number of aromatic nitrogens is 2. The molecule has 6 nitrogen and oxygen atoms in total. The van der Waals surface area contributed by atoms with Gasteiger partial charge in [0.2, 0.25) is 5.95 Å². The molecule has 0 radical (unpaired) electrons. The number of nitrogen functional groups attached to an aromatic ring is 1. The summed E-state index contributed by atoms with van der Waals surface area (Å²) in [6.45, 7) is 3.21. The van der Waals surface area contributed by atoms with Crippen molar-refractivity contribution < 1.29 is 9.90 Å². The number of nitrogens with zero attached hydrogens (tertiary/aromatic N) is 3. The summed E-state index contributed by atoms with van der Waals surface area (Å²) in [6, 6.07) is 0. The van der Waals surface area contributed by atoms with Gasteiger partial charge in [0.15, 0.2) is 0 Å². The molecule has 0 bridgehead atoms. The molecule has 17 heavy (non-hydrogen) atoms. The highest BCUT2D eigenvalue weighted by molar-refractivity contribution is 5.75. The first-order chi connectivity index (χ1) is 7.99. The van der Waals surface area contributed by atoms with Crippen LogP contribution in [-0.4, -0.2) is 39.5 Å². The van der Waals surface area contributed by atoms with Gasteiger partial charge in [0.1, 0.15) is 0 Å². The second-order valence-electron chi connectivity index (χ2n) is 4.44. The standard InChI is InChI=1S/C11H16N4O2/c1-6(10(16)17)9-7-5-15(2)4-3-8(7)13-11(12)14-9/h6H,3-5H2,1-2H3,(H,16,17)(H2,12,13,14). The Morgan fingerprint density at radius 3 is 2.88 bits per heavy atom. The lowest BCUT2D eigenvalue weighted by atomic mass is 9.97. The Morgan fingerprint density at radius 1 is 1.53 bits per heavy atom. The highest BCUT2D eigenvalue weighted by Gasteiger charge is 2.25. The molecule has 0 amide bonds. The zero-order valence-corrected chi connectivity index (χ0v) is 9.97. The third-order valence-corrected chi connectivity index (χ3v) is 3.08. The molecular formula is C11H16N4O2. The van der Waals surface area contributed by atoms with Crippen molar-refractivity contribution in [2.45, 2.75) is 25.8 Å². The number of carboxylic acids is 1. The third kappa shape index (κ3) is 2.21. The fraction of sp³-hybridized carbons (Fsp3) is 0.545. The number of aliphatic carboxylic acids is 1. The van der Waals surface area contributed by atoms with Crippen LogP contribution in [0, 0.1) is 0 Å². The zero-order chi connectivity index (χ0) is 12.6.